The zero-order valence-corrected chi connectivity index (χ0v) is 7.98. The third kappa shape index (κ3) is 2.74. The van der Waals surface area contributed by atoms with Crippen LogP contribution in [0.4, 0.5) is 28.9 Å². The van der Waals surface area contributed by atoms with Gasteiger partial charge >= 0.3 is 0 Å². The summed E-state index contributed by atoms with van der Waals surface area (Å²) in [4.78, 5) is 1.01. The van der Waals surface area contributed by atoms with Crippen LogP contribution < -0.4 is 10.6 Å². The summed E-state index contributed by atoms with van der Waals surface area (Å²) in [6.45, 7) is -0.632. The SMILES string of the molecule is CN(CC(F)F)c1cc(F)cc(F)c1N. The molecular formula is C9H10F4N2. The smallest absolute Gasteiger partial charge is 0.255 e. The Morgan fingerprint density at radius 3 is 2.47 bits per heavy atom. The molecule has 1 aromatic carbocycles. The highest BCUT2D eigenvalue weighted by Gasteiger charge is 2.14. The number of halogens is 4. The Balaban J connectivity index is 3.02. The molecule has 15 heavy (non-hydrogen) atoms. The van der Waals surface area contributed by atoms with Gasteiger partial charge in [-0.15, -0.1) is 0 Å². The van der Waals surface area contributed by atoms with E-state index in [4.69, 9.17) is 5.73 Å². The van der Waals surface area contributed by atoms with Crippen molar-refractivity contribution in [1.82, 2.24) is 0 Å². The van der Waals surface area contributed by atoms with Crippen LogP contribution >= 0.6 is 0 Å². The second kappa shape index (κ2) is 4.37. The topological polar surface area (TPSA) is 29.3 Å². The maximum absolute atomic E-state index is 13.0. The van der Waals surface area contributed by atoms with E-state index in [1.54, 1.807) is 0 Å². The maximum atomic E-state index is 13.0. The summed E-state index contributed by atoms with van der Waals surface area (Å²) in [6.07, 6.45) is -2.60. The van der Waals surface area contributed by atoms with Gasteiger partial charge in [0.15, 0.2) is 5.82 Å². The third-order valence-corrected chi connectivity index (χ3v) is 1.90. The first-order valence-corrected chi connectivity index (χ1v) is 4.15. The van der Waals surface area contributed by atoms with Crippen LogP contribution in [0.25, 0.3) is 0 Å². The first-order valence-electron chi connectivity index (χ1n) is 4.15. The summed E-state index contributed by atoms with van der Waals surface area (Å²) < 4.78 is 49.8. The molecule has 0 aliphatic heterocycles. The second-order valence-electron chi connectivity index (χ2n) is 3.09. The Morgan fingerprint density at radius 1 is 1.33 bits per heavy atom. The van der Waals surface area contributed by atoms with Crippen molar-refractivity contribution in [1.29, 1.82) is 0 Å². The molecule has 0 bridgehead atoms. The molecule has 0 aliphatic carbocycles. The second-order valence-corrected chi connectivity index (χ2v) is 3.09. The molecular weight excluding hydrogens is 212 g/mol. The number of anilines is 2. The van der Waals surface area contributed by atoms with E-state index in [0.29, 0.717) is 6.07 Å². The van der Waals surface area contributed by atoms with Gasteiger partial charge in [0.05, 0.1) is 17.9 Å². The van der Waals surface area contributed by atoms with Crippen molar-refractivity contribution in [3.8, 4) is 0 Å². The monoisotopic (exact) mass is 222 g/mol. The molecule has 0 amide bonds. The van der Waals surface area contributed by atoms with Crippen molar-refractivity contribution in [3.05, 3.63) is 23.8 Å². The largest absolute Gasteiger partial charge is 0.395 e. The molecule has 6 heteroatoms. The van der Waals surface area contributed by atoms with Crippen LogP contribution in [0.15, 0.2) is 12.1 Å². The van der Waals surface area contributed by atoms with Gasteiger partial charge in [0.2, 0.25) is 0 Å². The third-order valence-electron chi connectivity index (χ3n) is 1.90. The van der Waals surface area contributed by atoms with Gasteiger partial charge in [-0.05, 0) is 6.07 Å². The van der Waals surface area contributed by atoms with Crippen molar-refractivity contribution >= 4 is 11.4 Å². The summed E-state index contributed by atoms with van der Waals surface area (Å²) in [7, 11) is 1.29. The lowest BCUT2D eigenvalue weighted by Crippen LogP contribution is -2.25. The maximum Gasteiger partial charge on any atom is 0.255 e. The van der Waals surface area contributed by atoms with Gasteiger partial charge in [0, 0.05) is 13.1 Å². The standard InChI is InChI=1S/C9H10F4N2/c1-15(4-8(12)13)7-3-5(10)2-6(11)9(7)14/h2-3,8H,4,14H2,1H3. The van der Waals surface area contributed by atoms with Gasteiger partial charge < -0.3 is 10.6 Å². The summed E-state index contributed by atoms with van der Waals surface area (Å²) >= 11 is 0. The molecule has 0 unspecified atom stereocenters. The molecule has 84 valence electrons. The minimum atomic E-state index is -2.60. The molecule has 0 fully saturated rings. The lowest BCUT2D eigenvalue weighted by Gasteiger charge is -2.20. The van der Waals surface area contributed by atoms with Crippen molar-refractivity contribution in [2.75, 3.05) is 24.2 Å². The summed E-state index contributed by atoms with van der Waals surface area (Å²) in [6, 6.07) is 1.52. The van der Waals surface area contributed by atoms with Gasteiger partial charge in [0.25, 0.3) is 6.43 Å². The van der Waals surface area contributed by atoms with Gasteiger partial charge in [-0.2, -0.15) is 0 Å². The van der Waals surface area contributed by atoms with E-state index in [2.05, 4.69) is 0 Å². The first kappa shape index (κ1) is 11.6. The number of alkyl halides is 2. The Hall–Kier alpha value is -1.46. The summed E-state index contributed by atoms with van der Waals surface area (Å²) in [5.74, 6) is -1.80. The fourth-order valence-electron chi connectivity index (χ4n) is 1.19. The molecule has 2 nitrogen and oxygen atoms in total. The molecule has 0 aromatic heterocycles. The lowest BCUT2D eigenvalue weighted by atomic mass is 10.2. The van der Waals surface area contributed by atoms with Crippen LogP contribution in [-0.2, 0) is 0 Å². The highest BCUT2D eigenvalue weighted by Crippen LogP contribution is 2.26. The van der Waals surface area contributed by atoms with E-state index in [1.807, 2.05) is 0 Å². The number of nitrogens with two attached hydrogens (primary N) is 1. The van der Waals surface area contributed by atoms with E-state index in [0.717, 1.165) is 11.0 Å². The zero-order chi connectivity index (χ0) is 11.6. The normalized spacial score (nSPS) is 10.8. The highest BCUT2D eigenvalue weighted by molar-refractivity contribution is 5.67. The fraction of sp³-hybridized carbons (Fsp3) is 0.333. The van der Waals surface area contributed by atoms with E-state index in [-0.39, 0.29) is 11.4 Å². The molecule has 0 radical (unpaired) electrons. The molecule has 0 saturated heterocycles. The Bertz CT molecular complexity index is 354. The first-order chi connectivity index (χ1) is 6.91. The van der Waals surface area contributed by atoms with Crippen LogP contribution in [0.2, 0.25) is 0 Å². The van der Waals surface area contributed by atoms with E-state index in [1.165, 1.54) is 7.05 Å². The minimum Gasteiger partial charge on any atom is -0.395 e. The molecule has 0 saturated carbocycles. The molecule has 1 aromatic rings. The number of nitrogens with zero attached hydrogens (tertiary/aromatic N) is 1. The average molecular weight is 222 g/mol. The van der Waals surface area contributed by atoms with Crippen LogP contribution in [0, 0.1) is 11.6 Å². The van der Waals surface area contributed by atoms with Gasteiger partial charge in [-0.3, -0.25) is 0 Å². The number of hydrogen-bond donors (Lipinski definition) is 1. The summed E-state index contributed by atoms with van der Waals surface area (Å²) in [5.41, 5.74) is 4.89. The number of nitrogen functional groups attached to an aromatic ring is 1. The molecule has 0 heterocycles. The van der Waals surface area contributed by atoms with E-state index < -0.39 is 24.6 Å². The Labute approximate surface area is 84.3 Å². The average Bonchev–Trinajstić information content (AvgIpc) is 2.09. The highest BCUT2D eigenvalue weighted by atomic mass is 19.3. The summed E-state index contributed by atoms with van der Waals surface area (Å²) in [5, 5.41) is 0. The number of rotatable bonds is 3. The van der Waals surface area contributed by atoms with Crippen molar-refractivity contribution < 1.29 is 17.6 Å². The number of benzene rings is 1. The fourth-order valence-corrected chi connectivity index (χ4v) is 1.19. The van der Waals surface area contributed by atoms with Crippen LogP contribution in [-0.4, -0.2) is 20.0 Å². The predicted octanol–water partition coefficient (Wildman–Crippen LogP) is 2.25. The van der Waals surface area contributed by atoms with Crippen molar-refractivity contribution in [2.45, 2.75) is 6.43 Å². The van der Waals surface area contributed by atoms with Gasteiger partial charge in [0.1, 0.15) is 5.82 Å². The number of hydrogen-bond acceptors (Lipinski definition) is 2. The molecule has 1 rings (SSSR count). The zero-order valence-electron chi connectivity index (χ0n) is 7.98. The lowest BCUT2D eigenvalue weighted by molar-refractivity contribution is 0.156. The molecule has 0 spiro atoms. The van der Waals surface area contributed by atoms with Crippen molar-refractivity contribution in [2.24, 2.45) is 0 Å². The minimum absolute atomic E-state index is 0.0761. The molecule has 0 atom stereocenters. The van der Waals surface area contributed by atoms with E-state index >= 15 is 0 Å². The quantitative estimate of drug-likeness (QED) is 0.627. The Kier molecular flexibility index (Phi) is 3.39. The molecule has 2 N–H and O–H groups in total. The Morgan fingerprint density at radius 2 is 1.93 bits per heavy atom. The van der Waals surface area contributed by atoms with Crippen LogP contribution in [0.3, 0.4) is 0 Å². The van der Waals surface area contributed by atoms with Gasteiger partial charge in [-0.1, -0.05) is 0 Å². The molecule has 0 aliphatic rings. The van der Waals surface area contributed by atoms with Crippen LogP contribution in [0.1, 0.15) is 0 Å². The van der Waals surface area contributed by atoms with Gasteiger partial charge in [-0.25, -0.2) is 17.6 Å². The predicted molar refractivity (Wildman–Crippen MR) is 50.0 cm³/mol. The van der Waals surface area contributed by atoms with Crippen LogP contribution in [0.5, 0.6) is 0 Å². The van der Waals surface area contributed by atoms with Crippen molar-refractivity contribution in [3.63, 3.8) is 0 Å². The van der Waals surface area contributed by atoms with E-state index in [9.17, 15) is 17.6 Å².